The first kappa shape index (κ1) is 17.7. The standard InChI is InChI=1S/C21H27N3OS/c1-23-13-14-24(16-21(23)10-9-20(25)22-12-11-21)15-18-7-8-19(26-18)17-5-3-2-4-6-17/h2-8H,9-16H2,1H3,(H,22,25)/t21-/m0/s1. The molecule has 26 heavy (non-hydrogen) atoms. The predicted molar refractivity (Wildman–Crippen MR) is 107 cm³/mol. The number of nitrogens with one attached hydrogen (secondary N) is 1. The van der Waals surface area contributed by atoms with Crippen LogP contribution in [0, 0.1) is 0 Å². The summed E-state index contributed by atoms with van der Waals surface area (Å²) in [7, 11) is 2.23. The number of nitrogens with zero attached hydrogens (tertiary/aromatic N) is 2. The third-order valence-electron chi connectivity index (χ3n) is 5.91. The van der Waals surface area contributed by atoms with Crippen LogP contribution in [0.5, 0.6) is 0 Å². The van der Waals surface area contributed by atoms with E-state index < -0.39 is 0 Å². The van der Waals surface area contributed by atoms with E-state index in [1.165, 1.54) is 15.3 Å². The Balaban J connectivity index is 1.45. The van der Waals surface area contributed by atoms with Gasteiger partial charge in [-0.15, -0.1) is 11.3 Å². The summed E-state index contributed by atoms with van der Waals surface area (Å²) in [5.41, 5.74) is 1.43. The highest BCUT2D eigenvalue weighted by atomic mass is 32.1. The molecule has 1 aromatic carbocycles. The van der Waals surface area contributed by atoms with Gasteiger partial charge in [0.05, 0.1) is 0 Å². The van der Waals surface area contributed by atoms with Gasteiger partial charge in [-0.05, 0) is 37.6 Å². The molecule has 1 spiro atoms. The third-order valence-corrected chi connectivity index (χ3v) is 7.03. The molecule has 3 heterocycles. The Morgan fingerprint density at radius 2 is 1.96 bits per heavy atom. The van der Waals surface area contributed by atoms with Gasteiger partial charge >= 0.3 is 0 Å². The lowest BCUT2D eigenvalue weighted by molar-refractivity contribution is -0.121. The average Bonchev–Trinajstić information content (AvgIpc) is 3.04. The molecular formula is C21H27N3OS. The van der Waals surface area contributed by atoms with Crippen LogP contribution in [0.2, 0.25) is 0 Å². The lowest BCUT2D eigenvalue weighted by Gasteiger charge is -2.49. The quantitative estimate of drug-likeness (QED) is 0.902. The summed E-state index contributed by atoms with van der Waals surface area (Å²) in [6.45, 7) is 5.03. The van der Waals surface area contributed by atoms with E-state index in [-0.39, 0.29) is 11.4 Å². The largest absolute Gasteiger partial charge is 0.356 e. The van der Waals surface area contributed by atoms with E-state index in [1.54, 1.807) is 0 Å². The lowest BCUT2D eigenvalue weighted by Crippen LogP contribution is -2.60. The summed E-state index contributed by atoms with van der Waals surface area (Å²) in [5, 5.41) is 3.04. The van der Waals surface area contributed by atoms with Crippen molar-refractivity contribution in [1.29, 1.82) is 0 Å². The van der Waals surface area contributed by atoms with Crippen molar-refractivity contribution in [2.45, 2.75) is 31.3 Å². The molecule has 0 bridgehead atoms. The zero-order valence-electron chi connectivity index (χ0n) is 15.4. The van der Waals surface area contributed by atoms with Crippen LogP contribution in [-0.2, 0) is 11.3 Å². The second kappa shape index (κ2) is 7.51. The summed E-state index contributed by atoms with van der Waals surface area (Å²) in [6, 6.07) is 15.1. The molecule has 0 radical (unpaired) electrons. The van der Waals surface area contributed by atoms with Crippen molar-refractivity contribution >= 4 is 17.2 Å². The fourth-order valence-electron chi connectivity index (χ4n) is 4.25. The minimum absolute atomic E-state index is 0.136. The second-order valence-corrected chi connectivity index (χ2v) is 8.76. The number of benzene rings is 1. The minimum atomic E-state index is 0.136. The summed E-state index contributed by atoms with van der Waals surface area (Å²) in [5.74, 6) is 0.207. The summed E-state index contributed by atoms with van der Waals surface area (Å²) in [4.78, 5) is 19.6. The maximum Gasteiger partial charge on any atom is 0.220 e. The van der Waals surface area contributed by atoms with Crippen molar-refractivity contribution in [1.82, 2.24) is 15.1 Å². The maximum atomic E-state index is 11.8. The number of amides is 1. The van der Waals surface area contributed by atoms with Crippen LogP contribution in [0.25, 0.3) is 10.4 Å². The number of thiophene rings is 1. The molecular weight excluding hydrogens is 342 g/mol. The average molecular weight is 370 g/mol. The van der Waals surface area contributed by atoms with Crippen LogP contribution in [-0.4, -0.2) is 54.5 Å². The molecule has 1 amide bonds. The number of piperazine rings is 1. The van der Waals surface area contributed by atoms with Crippen LogP contribution >= 0.6 is 11.3 Å². The van der Waals surface area contributed by atoms with E-state index in [0.29, 0.717) is 6.42 Å². The zero-order chi connectivity index (χ0) is 18.0. The molecule has 4 rings (SSSR count). The molecule has 4 nitrogen and oxygen atoms in total. The molecule has 0 unspecified atom stereocenters. The second-order valence-electron chi connectivity index (χ2n) is 7.59. The number of hydrogen-bond acceptors (Lipinski definition) is 4. The molecule has 138 valence electrons. The van der Waals surface area contributed by atoms with Gasteiger partial charge in [0, 0.05) is 54.4 Å². The zero-order valence-corrected chi connectivity index (χ0v) is 16.2. The number of carbonyl (C=O) groups excluding carboxylic acids is 1. The Morgan fingerprint density at radius 1 is 1.12 bits per heavy atom. The first-order valence-corrected chi connectivity index (χ1v) is 10.3. The minimum Gasteiger partial charge on any atom is -0.356 e. The summed E-state index contributed by atoms with van der Waals surface area (Å²) >= 11 is 1.90. The predicted octanol–water partition coefficient (Wildman–Crippen LogP) is 3.20. The van der Waals surface area contributed by atoms with Gasteiger partial charge in [0.25, 0.3) is 0 Å². The number of rotatable bonds is 3. The summed E-state index contributed by atoms with van der Waals surface area (Å²) in [6.07, 6.45) is 2.66. The van der Waals surface area contributed by atoms with Crippen LogP contribution in [0.15, 0.2) is 42.5 Å². The molecule has 0 saturated carbocycles. The van der Waals surface area contributed by atoms with Gasteiger partial charge in [0.15, 0.2) is 0 Å². The highest BCUT2D eigenvalue weighted by molar-refractivity contribution is 7.15. The SMILES string of the molecule is CN1CCN(Cc2ccc(-c3ccccc3)s2)C[C@]12CCNC(=O)CC2. The molecule has 1 aromatic heterocycles. The number of carbonyl (C=O) groups is 1. The maximum absolute atomic E-state index is 11.8. The van der Waals surface area contributed by atoms with E-state index >= 15 is 0 Å². The normalized spacial score (nSPS) is 25.2. The Labute approximate surface area is 159 Å². The molecule has 2 saturated heterocycles. The Hall–Kier alpha value is -1.69. The molecule has 2 aromatic rings. The number of likely N-dealkylation sites (N-methyl/N-ethyl adjacent to an activating group) is 1. The topological polar surface area (TPSA) is 35.6 Å². The third kappa shape index (κ3) is 3.70. The van der Waals surface area contributed by atoms with Gasteiger partial charge in [-0.2, -0.15) is 0 Å². The monoisotopic (exact) mass is 369 g/mol. The molecule has 0 aliphatic carbocycles. The van der Waals surface area contributed by atoms with Crippen LogP contribution in [0.1, 0.15) is 24.1 Å². The van der Waals surface area contributed by atoms with Crippen molar-refractivity contribution in [3.63, 3.8) is 0 Å². The van der Waals surface area contributed by atoms with Crippen molar-refractivity contribution in [2.75, 3.05) is 33.2 Å². The van der Waals surface area contributed by atoms with Gasteiger partial charge in [-0.3, -0.25) is 14.6 Å². The van der Waals surface area contributed by atoms with E-state index in [9.17, 15) is 4.79 Å². The Bertz CT molecular complexity index is 760. The van der Waals surface area contributed by atoms with Crippen LogP contribution in [0.3, 0.4) is 0 Å². The van der Waals surface area contributed by atoms with Crippen LogP contribution < -0.4 is 5.32 Å². The van der Waals surface area contributed by atoms with E-state index in [4.69, 9.17) is 0 Å². The van der Waals surface area contributed by atoms with Gasteiger partial charge in [0.2, 0.25) is 5.91 Å². The van der Waals surface area contributed by atoms with Crippen molar-refractivity contribution in [2.24, 2.45) is 0 Å². The van der Waals surface area contributed by atoms with E-state index in [1.807, 2.05) is 11.3 Å². The fourth-order valence-corrected chi connectivity index (χ4v) is 5.31. The van der Waals surface area contributed by atoms with Gasteiger partial charge in [-0.25, -0.2) is 0 Å². The molecule has 5 heteroatoms. The molecule has 2 aliphatic rings. The molecule has 1 N–H and O–H groups in total. The van der Waals surface area contributed by atoms with Gasteiger partial charge in [0.1, 0.15) is 0 Å². The van der Waals surface area contributed by atoms with Crippen LogP contribution in [0.4, 0.5) is 0 Å². The first-order valence-electron chi connectivity index (χ1n) is 9.49. The summed E-state index contributed by atoms with van der Waals surface area (Å²) < 4.78 is 0. The van der Waals surface area contributed by atoms with Gasteiger partial charge in [-0.1, -0.05) is 30.3 Å². The highest BCUT2D eigenvalue weighted by Gasteiger charge is 2.40. The van der Waals surface area contributed by atoms with E-state index in [0.717, 1.165) is 45.6 Å². The number of hydrogen-bond donors (Lipinski definition) is 1. The molecule has 2 aliphatic heterocycles. The highest BCUT2D eigenvalue weighted by Crippen LogP contribution is 2.33. The smallest absolute Gasteiger partial charge is 0.220 e. The fraction of sp³-hybridized carbons (Fsp3) is 0.476. The van der Waals surface area contributed by atoms with Crippen molar-refractivity contribution in [3.8, 4) is 10.4 Å². The lowest BCUT2D eigenvalue weighted by atomic mass is 9.86. The molecule has 2 fully saturated rings. The van der Waals surface area contributed by atoms with Crippen molar-refractivity contribution in [3.05, 3.63) is 47.3 Å². The Morgan fingerprint density at radius 3 is 2.81 bits per heavy atom. The first-order chi connectivity index (χ1) is 12.6. The van der Waals surface area contributed by atoms with E-state index in [2.05, 4.69) is 64.6 Å². The van der Waals surface area contributed by atoms with Crippen molar-refractivity contribution < 1.29 is 4.79 Å². The Kier molecular flexibility index (Phi) is 5.11. The van der Waals surface area contributed by atoms with Gasteiger partial charge < -0.3 is 5.32 Å². The molecule has 1 atom stereocenters.